The zero-order valence-corrected chi connectivity index (χ0v) is 13.1. The van der Waals surface area contributed by atoms with E-state index in [1.165, 1.54) is 19.3 Å². The van der Waals surface area contributed by atoms with Gasteiger partial charge < -0.3 is 10.0 Å². The Morgan fingerprint density at radius 2 is 2.00 bits per heavy atom. The number of carboxylic acid groups (broad SMARTS) is 1. The minimum atomic E-state index is -0.762. The van der Waals surface area contributed by atoms with E-state index < -0.39 is 5.97 Å². The lowest BCUT2D eigenvalue weighted by molar-refractivity contribution is -0.136. The number of anilines is 1. The number of hydrogen-bond acceptors (Lipinski definition) is 2. The summed E-state index contributed by atoms with van der Waals surface area (Å²) in [7, 11) is 0. The Morgan fingerprint density at radius 1 is 1.25 bits per heavy atom. The van der Waals surface area contributed by atoms with Crippen molar-refractivity contribution in [3.05, 3.63) is 28.8 Å². The third kappa shape index (κ3) is 5.83. The molecule has 20 heavy (non-hydrogen) atoms. The minimum Gasteiger partial charge on any atom is -0.481 e. The summed E-state index contributed by atoms with van der Waals surface area (Å²) in [4.78, 5) is 12.9. The van der Waals surface area contributed by atoms with E-state index in [1.54, 1.807) is 0 Å². The van der Waals surface area contributed by atoms with Gasteiger partial charge in [-0.05, 0) is 31.0 Å². The third-order valence-electron chi connectivity index (χ3n) is 3.40. The molecule has 0 amide bonds. The number of nitrogens with zero attached hydrogens (tertiary/aromatic N) is 1. The van der Waals surface area contributed by atoms with E-state index in [1.807, 2.05) is 25.1 Å². The zero-order valence-electron chi connectivity index (χ0n) is 12.4. The molecule has 1 aromatic carbocycles. The first-order valence-electron chi connectivity index (χ1n) is 7.27. The van der Waals surface area contributed by atoms with E-state index >= 15 is 0 Å². The van der Waals surface area contributed by atoms with Crippen LogP contribution in [0.4, 0.5) is 5.69 Å². The number of unbranched alkanes of at least 4 members (excludes halogenated alkanes) is 3. The number of hydrogen-bond donors (Lipinski definition) is 1. The maximum atomic E-state index is 10.8. The lowest BCUT2D eigenvalue weighted by atomic mass is 10.1. The van der Waals surface area contributed by atoms with Gasteiger partial charge in [0.15, 0.2) is 0 Å². The van der Waals surface area contributed by atoms with Crippen molar-refractivity contribution >= 4 is 23.3 Å². The number of benzene rings is 1. The fraction of sp³-hybridized carbons (Fsp3) is 0.562. The molecule has 1 aromatic rings. The molecule has 0 saturated carbocycles. The average Bonchev–Trinajstić information content (AvgIpc) is 2.41. The van der Waals surface area contributed by atoms with Crippen LogP contribution < -0.4 is 4.90 Å². The molecule has 0 aliphatic carbocycles. The Bertz CT molecular complexity index is 434. The first-order chi connectivity index (χ1) is 9.54. The number of carboxylic acids is 1. The highest BCUT2D eigenvalue weighted by molar-refractivity contribution is 6.31. The molecule has 1 rings (SSSR count). The van der Waals surface area contributed by atoms with Crippen molar-refractivity contribution in [2.45, 2.75) is 46.0 Å². The van der Waals surface area contributed by atoms with Crippen molar-refractivity contribution in [3.63, 3.8) is 0 Å². The normalized spacial score (nSPS) is 10.6. The quantitative estimate of drug-likeness (QED) is 0.682. The van der Waals surface area contributed by atoms with Crippen LogP contribution in [0.15, 0.2) is 18.2 Å². The molecule has 1 N–H and O–H groups in total. The summed E-state index contributed by atoms with van der Waals surface area (Å²) in [6.07, 6.45) is 4.84. The fourth-order valence-electron chi connectivity index (χ4n) is 2.11. The first kappa shape index (κ1) is 16.8. The Balaban J connectivity index is 2.68. The van der Waals surface area contributed by atoms with E-state index in [-0.39, 0.29) is 6.42 Å². The van der Waals surface area contributed by atoms with Crippen LogP contribution in [0.25, 0.3) is 0 Å². The number of aliphatic carboxylic acids is 1. The van der Waals surface area contributed by atoms with Crippen LogP contribution in [-0.4, -0.2) is 24.2 Å². The summed E-state index contributed by atoms with van der Waals surface area (Å²) < 4.78 is 0. The standard InChI is InChI=1S/C16H24ClNO2/c1-3-4-5-6-10-18(11-9-16(19)20)14-8-7-13(2)15(17)12-14/h7-8,12H,3-6,9-11H2,1-2H3,(H,19,20). The Kier molecular flexibility index (Phi) is 7.45. The van der Waals surface area contributed by atoms with Gasteiger partial charge in [-0.2, -0.15) is 0 Å². The SMILES string of the molecule is CCCCCCN(CCC(=O)O)c1ccc(C)c(Cl)c1. The molecule has 112 valence electrons. The van der Waals surface area contributed by atoms with Gasteiger partial charge in [0.1, 0.15) is 0 Å². The van der Waals surface area contributed by atoms with E-state index in [0.29, 0.717) is 6.54 Å². The average molecular weight is 298 g/mol. The first-order valence-corrected chi connectivity index (χ1v) is 7.65. The highest BCUT2D eigenvalue weighted by Gasteiger charge is 2.10. The summed E-state index contributed by atoms with van der Waals surface area (Å²) in [5.74, 6) is -0.762. The molecule has 3 nitrogen and oxygen atoms in total. The molecule has 0 heterocycles. The van der Waals surface area contributed by atoms with Crippen molar-refractivity contribution in [1.29, 1.82) is 0 Å². The highest BCUT2D eigenvalue weighted by Crippen LogP contribution is 2.23. The predicted molar refractivity (Wildman–Crippen MR) is 84.8 cm³/mol. The van der Waals surface area contributed by atoms with E-state index in [0.717, 1.165) is 29.2 Å². The van der Waals surface area contributed by atoms with Crippen molar-refractivity contribution in [2.24, 2.45) is 0 Å². The van der Waals surface area contributed by atoms with E-state index in [9.17, 15) is 4.79 Å². The van der Waals surface area contributed by atoms with Gasteiger partial charge in [0.25, 0.3) is 0 Å². The third-order valence-corrected chi connectivity index (χ3v) is 3.80. The number of aryl methyl sites for hydroxylation is 1. The molecule has 0 aliphatic rings. The van der Waals surface area contributed by atoms with Crippen molar-refractivity contribution in [1.82, 2.24) is 0 Å². The lowest BCUT2D eigenvalue weighted by Gasteiger charge is -2.24. The van der Waals surface area contributed by atoms with Gasteiger partial charge in [-0.1, -0.05) is 43.9 Å². The second-order valence-corrected chi connectivity index (χ2v) is 5.53. The predicted octanol–water partition coefficient (Wildman–Crippen LogP) is 4.51. The molecule has 0 unspecified atom stereocenters. The molecular weight excluding hydrogens is 274 g/mol. The van der Waals surface area contributed by atoms with Gasteiger partial charge in [-0.15, -0.1) is 0 Å². The van der Waals surface area contributed by atoms with Crippen molar-refractivity contribution < 1.29 is 9.90 Å². The summed E-state index contributed by atoms with van der Waals surface area (Å²) in [5, 5.41) is 9.60. The number of rotatable bonds is 9. The van der Waals surface area contributed by atoms with Gasteiger partial charge >= 0.3 is 5.97 Å². The van der Waals surface area contributed by atoms with Crippen LogP contribution in [0, 0.1) is 6.92 Å². The van der Waals surface area contributed by atoms with Crippen LogP contribution in [0.3, 0.4) is 0 Å². The molecule has 0 saturated heterocycles. The largest absolute Gasteiger partial charge is 0.481 e. The van der Waals surface area contributed by atoms with Gasteiger partial charge in [0, 0.05) is 23.8 Å². The second kappa shape index (κ2) is 8.85. The Hall–Kier alpha value is -1.22. The summed E-state index contributed by atoms with van der Waals surface area (Å²) >= 11 is 6.16. The molecular formula is C16H24ClNO2. The minimum absolute atomic E-state index is 0.152. The molecule has 0 bridgehead atoms. The maximum absolute atomic E-state index is 10.8. The van der Waals surface area contributed by atoms with Crippen LogP contribution in [0.5, 0.6) is 0 Å². The lowest BCUT2D eigenvalue weighted by Crippen LogP contribution is -2.27. The van der Waals surface area contributed by atoms with Crippen LogP contribution in [0.1, 0.15) is 44.6 Å². The molecule has 0 fully saturated rings. The molecule has 4 heteroatoms. The zero-order chi connectivity index (χ0) is 15.0. The van der Waals surface area contributed by atoms with E-state index in [4.69, 9.17) is 16.7 Å². The van der Waals surface area contributed by atoms with Crippen molar-refractivity contribution in [2.75, 3.05) is 18.0 Å². The fourth-order valence-corrected chi connectivity index (χ4v) is 2.28. The van der Waals surface area contributed by atoms with Gasteiger partial charge in [0.2, 0.25) is 0 Å². The van der Waals surface area contributed by atoms with Gasteiger partial charge in [-0.3, -0.25) is 4.79 Å². The molecule has 0 aromatic heterocycles. The smallest absolute Gasteiger partial charge is 0.305 e. The number of halogens is 1. The van der Waals surface area contributed by atoms with Crippen LogP contribution in [0.2, 0.25) is 5.02 Å². The maximum Gasteiger partial charge on any atom is 0.305 e. The molecule has 0 atom stereocenters. The summed E-state index contributed by atoms with van der Waals surface area (Å²) in [5.41, 5.74) is 2.05. The van der Waals surface area contributed by atoms with Crippen LogP contribution >= 0.6 is 11.6 Å². The van der Waals surface area contributed by atoms with Gasteiger partial charge in [-0.25, -0.2) is 0 Å². The Morgan fingerprint density at radius 3 is 2.60 bits per heavy atom. The van der Waals surface area contributed by atoms with E-state index in [2.05, 4.69) is 11.8 Å². The highest BCUT2D eigenvalue weighted by atomic mass is 35.5. The molecule has 0 radical (unpaired) electrons. The number of carbonyl (C=O) groups is 1. The van der Waals surface area contributed by atoms with Crippen molar-refractivity contribution in [3.8, 4) is 0 Å². The summed E-state index contributed by atoms with van der Waals surface area (Å²) in [6.45, 7) is 5.56. The molecule has 0 aliphatic heterocycles. The van der Waals surface area contributed by atoms with Crippen LogP contribution in [-0.2, 0) is 4.79 Å². The monoisotopic (exact) mass is 297 g/mol. The Labute approximate surface area is 126 Å². The summed E-state index contributed by atoms with van der Waals surface area (Å²) in [6, 6.07) is 5.93. The second-order valence-electron chi connectivity index (χ2n) is 5.12. The van der Waals surface area contributed by atoms with Gasteiger partial charge in [0.05, 0.1) is 6.42 Å². The molecule has 0 spiro atoms. The topological polar surface area (TPSA) is 40.5 Å².